The van der Waals surface area contributed by atoms with Crippen molar-refractivity contribution in [3.05, 3.63) is 22.3 Å². The van der Waals surface area contributed by atoms with Crippen molar-refractivity contribution >= 4 is 21.7 Å². The highest BCUT2D eigenvalue weighted by molar-refractivity contribution is 9.10. The summed E-state index contributed by atoms with van der Waals surface area (Å²) in [7, 11) is 0. The molecule has 2 rings (SSSR count). The third-order valence-corrected chi connectivity index (χ3v) is 4.03. The summed E-state index contributed by atoms with van der Waals surface area (Å²) in [6, 6.07) is 2.10. The summed E-state index contributed by atoms with van der Waals surface area (Å²) in [6.07, 6.45) is 10.3. The molecule has 94 valence electrons. The summed E-state index contributed by atoms with van der Waals surface area (Å²) < 4.78 is 1.05. The Morgan fingerprint density at radius 3 is 2.88 bits per heavy atom. The van der Waals surface area contributed by atoms with Crippen LogP contribution in [0.1, 0.15) is 44.1 Å². The van der Waals surface area contributed by atoms with Gasteiger partial charge in [0.15, 0.2) is 0 Å². The third kappa shape index (κ3) is 3.98. The first-order valence-corrected chi connectivity index (χ1v) is 7.41. The van der Waals surface area contributed by atoms with Crippen LogP contribution in [0, 0.1) is 12.8 Å². The maximum absolute atomic E-state index is 4.39. The molecular formula is C14H21BrN2. The Labute approximate surface area is 112 Å². The van der Waals surface area contributed by atoms with E-state index in [9.17, 15) is 0 Å². The van der Waals surface area contributed by atoms with Crippen LogP contribution in [0.5, 0.6) is 0 Å². The number of anilines is 1. The molecule has 1 fully saturated rings. The maximum atomic E-state index is 4.39. The summed E-state index contributed by atoms with van der Waals surface area (Å²) >= 11 is 3.43. The number of nitrogens with zero attached hydrogens (tertiary/aromatic N) is 1. The first-order chi connectivity index (χ1) is 8.25. The molecule has 1 aromatic heterocycles. The second kappa shape index (κ2) is 6.39. The van der Waals surface area contributed by atoms with E-state index in [1.54, 1.807) is 0 Å². The van der Waals surface area contributed by atoms with Crippen molar-refractivity contribution in [2.75, 3.05) is 11.9 Å². The molecule has 1 aliphatic carbocycles. The van der Waals surface area contributed by atoms with Crippen molar-refractivity contribution in [2.24, 2.45) is 5.92 Å². The second-order valence-electron chi connectivity index (χ2n) is 5.04. The lowest BCUT2D eigenvalue weighted by Gasteiger charge is -2.11. The fraction of sp³-hybridized carbons (Fsp3) is 0.643. The van der Waals surface area contributed by atoms with Crippen molar-refractivity contribution < 1.29 is 0 Å². The highest BCUT2D eigenvalue weighted by Gasteiger charge is 2.13. The van der Waals surface area contributed by atoms with Crippen LogP contribution in [0.15, 0.2) is 16.7 Å². The Hall–Kier alpha value is -0.570. The minimum absolute atomic E-state index is 0.996. The van der Waals surface area contributed by atoms with Gasteiger partial charge in [-0.1, -0.05) is 25.7 Å². The van der Waals surface area contributed by atoms with E-state index in [1.165, 1.54) is 44.1 Å². The molecule has 2 nitrogen and oxygen atoms in total. The molecule has 0 spiro atoms. The average molecular weight is 297 g/mol. The molecule has 0 bridgehead atoms. The van der Waals surface area contributed by atoms with Gasteiger partial charge in [-0.2, -0.15) is 0 Å². The Balaban J connectivity index is 1.70. The molecule has 1 N–H and O–H groups in total. The van der Waals surface area contributed by atoms with E-state index in [0.717, 1.165) is 22.8 Å². The van der Waals surface area contributed by atoms with Crippen LogP contribution in [0.4, 0.5) is 5.82 Å². The number of nitrogens with one attached hydrogen (secondary N) is 1. The zero-order valence-corrected chi connectivity index (χ0v) is 12.1. The van der Waals surface area contributed by atoms with Crippen LogP contribution in [0.3, 0.4) is 0 Å². The van der Waals surface area contributed by atoms with Crippen molar-refractivity contribution in [1.82, 2.24) is 4.98 Å². The lowest BCUT2D eigenvalue weighted by atomic mass is 10.0. The topological polar surface area (TPSA) is 24.9 Å². The van der Waals surface area contributed by atoms with Gasteiger partial charge in [0.1, 0.15) is 5.82 Å². The zero-order valence-electron chi connectivity index (χ0n) is 10.5. The van der Waals surface area contributed by atoms with Gasteiger partial charge in [0.2, 0.25) is 0 Å². The van der Waals surface area contributed by atoms with Gasteiger partial charge < -0.3 is 5.32 Å². The van der Waals surface area contributed by atoms with E-state index >= 15 is 0 Å². The number of aryl methyl sites for hydroxylation is 1. The van der Waals surface area contributed by atoms with E-state index in [2.05, 4.69) is 39.2 Å². The Bertz CT molecular complexity index is 359. The molecule has 0 aromatic carbocycles. The molecule has 3 heteroatoms. The Kier molecular flexibility index (Phi) is 4.84. The van der Waals surface area contributed by atoms with Crippen LogP contribution < -0.4 is 5.32 Å². The SMILES string of the molecule is Cc1cc(Br)cnc1NCCCC1CCCC1. The highest BCUT2D eigenvalue weighted by Crippen LogP contribution is 2.28. The molecular weight excluding hydrogens is 276 g/mol. The van der Waals surface area contributed by atoms with Crippen LogP contribution >= 0.6 is 15.9 Å². The maximum Gasteiger partial charge on any atom is 0.128 e. The Morgan fingerprint density at radius 1 is 1.41 bits per heavy atom. The normalized spacial score (nSPS) is 16.4. The molecule has 1 heterocycles. The van der Waals surface area contributed by atoms with Gasteiger partial charge in [-0.05, 0) is 53.2 Å². The molecule has 17 heavy (non-hydrogen) atoms. The summed E-state index contributed by atoms with van der Waals surface area (Å²) in [5.41, 5.74) is 1.21. The van der Waals surface area contributed by atoms with Crippen LogP contribution in [0.25, 0.3) is 0 Å². The van der Waals surface area contributed by atoms with Crippen molar-refractivity contribution in [2.45, 2.75) is 45.4 Å². The molecule has 1 aliphatic rings. The molecule has 1 aromatic rings. The number of hydrogen-bond acceptors (Lipinski definition) is 2. The van der Waals surface area contributed by atoms with Gasteiger partial charge in [-0.25, -0.2) is 4.98 Å². The predicted molar refractivity (Wildman–Crippen MR) is 76.4 cm³/mol. The monoisotopic (exact) mass is 296 g/mol. The van der Waals surface area contributed by atoms with Gasteiger partial charge in [-0.3, -0.25) is 0 Å². The average Bonchev–Trinajstić information content (AvgIpc) is 2.79. The largest absolute Gasteiger partial charge is 0.370 e. The lowest BCUT2D eigenvalue weighted by Crippen LogP contribution is -2.06. The lowest BCUT2D eigenvalue weighted by molar-refractivity contribution is 0.491. The van der Waals surface area contributed by atoms with E-state index in [0.29, 0.717) is 0 Å². The van der Waals surface area contributed by atoms with Crippen LogP contribution in [-0.2, 0) is 0 Å². The first-order valence-electron chi connectivity index (χ1n) is 6.62. The van der Waals surface area contributed by atoms with Crippen LogP contribution in [-0.4, -0.2) is 11.5 Å². The first kappa shape index (κ1) is 12.9. The van der Waals surface area contributed by atoms with Crippen LogP contribution in [0.2, 0.25) is 0 Å². The third-order valence-electron chi connectivity index (χ3n) is 3.60. The number of rotatable bonds is 5. The van der Waals surface area contributed by atoms with Gasteiger partial charge in [-0.15, -0.1) is 0 Å². The number of aromatic nitrogens is 1. The van der Waals surface area contributed by atoms with Gasteiger partial charge in [0.05, 0.1) is 0 Å². The minimum atomic E-state index is 0.996. The van der Waals surface area contributed by atoms with Crippen molar-refractivity contribution in [1.29, 1.82) is 0 Å². The molecule has 0 radical (unpaired) electrons. The molecule has 0 atom stereocenters. The minimum Gasteiger partial charge on any atom is -0.370 e. The summed E-state index contributed by atoms with van der Waals surface area (Å²) in [4.78, 5) is 4.39. The summed E-state index contributed by atoms with van der Waals surface area (Å²) in [5, 5.41) is 3.43. The smallest absolute Gasteiger partial charge is 0.128 e. The second-order valence-corrected chi connectivity index (χ2v) is 5.95. The summed E-state index contributed by atoms with van der Waals surface area (Å²) in [6.45, 7) is 3.14. The molecule has 1 saturated carbocycles. The van der Waals surface area contributed by atoms with E-state index < -0.39 is 0 Å². The van der Waals surface area contributed by atoms with Gasteiger partial charge >= 0.3 is 0 Å². The van der Waals surface area contributed by atoms with E-state index in [1.807, 2.05) is 6.20 Å². The molecule has 0 unspecified atom stereocenters. The Morgan fingerprint density at radius 2 is 2.18 bits per heavy atom. The standard InChI is InChI=1S/C14H21BrN2/c1-11-9-13(15)10-17-14(11)16-8-4-7-12-5-2-3-6-12/h9-10,12H,2-8H2,1H3,(H,16,17). The number of halogens is 1. The van der Waals surface area contributed by atoms with E-state index in [4.69, 9.17) is 0 Å². The number of pyridine rings is 1. The van der Waals surface area contributed by atoms with Crippen molar-refractivity contribution in [3.63, 3.8) is 0 Å². The summed E-state index contributed by atoms with van der Waals surface area (Å²) in [5.74, 6) is 2.02. The van der Waals surface area contributed by atoms with E-state index in [-0.39, 0.29) is 0 Å². The van der Waals surface area contributed by atoms with Gasteiger partial charge in [0, 0.05) is 17.2 Å². The fourth-order valence-electron chi connectivity index (χ4n) is 2.62. The quantitative estimate of drug-likeness (QED) is 0.807. The molecule has 0 aliphatic heterocycles. The highest BCUT2D eigenvalue weighted by atomic mass is 79.9. The number of hydrogen-bond donors (Lipinski definition) is 1. The van der Waals surface area contributed by atoms with Gasteiger partial charge in [0.25, 0.3) is 0 Å². The molecule has 0 amide bonds. The predicted octanol–water partition coefficient (Wildman–Crippen LogP) is 4.53. The van der Waals surface area contributed by atoms with Crippen molar-refractivity contribution in [3.8, 4) is 0 Å². The molecule has 0 saturated heterocycles. The zero-order chi connectivity index (χ0) is 12.1. The fourth-order valence-corrected chi connectivity index (χ4v) is 3.07.